The highest BCUT2D eigenvalue weighted by molar-refractivity contribution is 6.33. The average molecular weight is 285 g/mol. The van der Waals surface area contributed by atoms with Crippen LogP contribution in [0.3, 0.4) is 0 Å². The minimum absolute atomic E-state index is 0.264. The Morgan fingerprint density at radius 3 is 2.39 bits per heavy atom. The van der Waals surface area contributed by atoms with Crippen LogP contribution in [0.15, 0.2) is 24.3 Å². The van der Waals surface area contributed by atoms with E-state index in [1.807, 2.05) is 0 Å². The number of hydrogen-bond donors (Lipinski definition) is 0. The number of hydrogen-bond acceptors (Lipinski definition) is 2. The van der Waals surface area contributed by atoms with Crippen LogP contribution in [0.1, 0.15) is 17.3 Å². The van der Waals surface area contributed by atoms with E-state index >= 15 is 0 Å². The van der Waals surface area contributed by atoms with Gasteiger partial charge in [0.25, 0.3) is 0 Å². The molecule has 1 aromatic carbocycles. The Hall–Kier alpha value is -1.30. The first-order valence-corrected chi connectivity index (χ1v) is 5.31. The maximum Gasteiger partial charge on any atom is 0.461 e. The van der Waals surface area contributed by atoms with E-state index in [4.69, 9.17) is 11.6 Å². The van der Waals surface area contributed by atoms with Crippen LogP contribution in [0.4, 0.5) is 17.6 Å². The van der Waals surface area contributed by atoms with Gasteiger partial charge in [-0.25, -0.2) is 0 Å². The van der Waals surface area contributed by atoms with Crippen LogP contribution in [-0.4, -0.2) is 23.7 Å². The highest BCUT2D eigenvalue weighted by atomic mass is 35.5. The van der Waals surface area contributed by atoms with Crippen LogP contribution in [0.5, 0.6) is 5.75 Å². The van der Waals surface area contributed by atoms with Gasteiger partial charge in [-0.1, -0.05) is 12.1 Å². The lowest BCUT2D eigenvalue weighted by atomic mass is 10.1. The van der Waals surface area contributed by atoms with E-state index in [-0.39, 0.29) is 5.56 Å². The van der Waals surface area contributed by atoms with E-state index < -0.39 is 29.4 Å². The van der Waals surface area contributed by atoms with Crippen molar-refractivity contribution in [2.45, 2.75) is 24.8 Å². The summed E-state index contributed by atoms with van der Waals surface area (Å²) in [6.45, 7) is 1.34. The number of benzene rings is 1. The van der Waals surface area contributed by atoms with E-state index in [0.29, 0.717) is 0 Å². The van der Waals surface area contributed by atoms with Crippen molar-refractivity contribution in [3.05, 3.63) is 29.8 Å². The smallest absolute Gasteiger partial charge is 0.428 e. The van der Waals surface area contributed by atoms with Crippen molar-refractivity contribution in [1.29, 1.82) is 0 Å². The van der Waals surface area contributed by atoms with Crippen molar-refractivity contribution in [1.82, 2.24) is 0 Å². The standard InChI is InChI=1S/C11H9ClF4O2/c1-6(12)9(17)7-4-2-3-5-8(7)18-11(15,16)10(13)14/h2-6,10H,1H3. The van der Waals surface area contributed by atoms with Crippen molar-refractivity contribution in [3.8, 4) is 5.75 Å². The maximum absolute atomic E-state index is 12.8. The summed E-state index contributed by atoms with van der Waals surface area (Å²) in [6, 6.07) is 4.85. The van der Waals surface area contributed by atoms with E-state index in [1.54, 1.807) is 0 Å². The SMILES string of the molecule is CC(Cl)C(=O)c1ccccc1OC(F)(F)C(F)F. The molecular weight excluding hydrogens is 276 g/mol. The molecular formula is C11H9ClF4O2. The summed E-state index contributed by atoms with van der Waals surface area (Å²) in [7, 11) is 0. The lowest BCUT2D eigenvalue weighted by Gasteiger charge is -2.18. The van der Waals surface area contributed by atoms with Crippen LogP contribution in [0.25, 0.3) is 0 Å². The summed E-state index contributed by atoms with van der Waals surface area (Å²) in [6.07, 6.45) is -8.65. The molecule has 0 radical (unpaired) electrons. The number of rotatable bonds is 5. The third-order valence-electron chi connectivity index (χ3n) is 2.01. The number of Topliss-reactive ketones (excluding diaryl/α,β-unsaturated/α-hetero) is 1. The molecule has 1 rings (SSSR count). The van der Waals surface area contributed by atoms with Crippen LogP contribution < -0.4 is 4.74 Å². The highest BCUT2D eigenvalue weighted by Gasteiger charge is 2.44. The number of carbonyl (C=O) groups excluding carboxylic acids is 1. The number of alkyl halides is 5. The van der Waals surface area contributed by atoms with Gasteiger partial charge in [0.15, 0.2) is 5.78 Å². The van der Waals surface area contributed by atoms with Crippen LogP contribution in [0, 0.1) is 0 Å². The predicted molar refractivity (Wildman–Crippen MR) is 57.7 cm³/mol. The van der Waals surface area contributed by atoms with E-state index in [9.17, 15) is 22.4 Å². The molecule has 0 aliphatic heterocycles. The molecule has 0 amide bonds. The Labute approximate surface area is 105 Å². The molecule has 0 aliphatic rings. The Bertz CT molecular complexity index is 435. The Balaban J connectivity index is 3.07. The van der Waals surface area contributed by atoms with Gasteiger partial charge in [0, 0.05) is 0 Å². The molecule has 0 N–H and O–H groups in total. The molecule has 0 aromatic heterocycles. The van der Waals surface area contributed by atoms with Crippen molar-refractivity contribution >= 4 is 17.4 Å². The third kappa shape index (κ3) is 3.35. The Morgan fingerprint density at radius 1 is 1.33 bits per heavy atom. The predicted octanol–water partition coefficient (Wildman–Crippen LogP) is 3.73. The van der Waals surface area contributed by atoms with E-state index in [0.717, 1.165) is 6.07 Å². The number of ether oxygens (including phenoxy) is 1. The van der Waals surface area contributed by atoms with Crippen molar-refractivity contribution in [3.63, 3.8) is 0 Å². The fourth-order valence-electron chi connectivity index (χ4n) is 1.16. The summed E-state index contributed by atoms with van der Waals surface area (Å²) in [4.78, 5) is 11.6. The van der Waals surface area contributed by atoms with Crippen molar-refractivity contribution in [2.75, 3.05) is 0 Å². The molecule has 0 spiro atoms. The molecule has 0 fully saturated rings. The fraction of sp³-hybridized carbons (Fsp3) is 0.364. The second kappa shape index (κ2) is 5.56. The van der Waals surface area contributed by atoms with Crippen LogP contribution in [0.2, 0.25) is 0 Å². The van der Waals surface area contributed by atoms with Gasteiger partial charge in [0.2, 0.25) is 0 Å². The van der Waals surface area contributed by atoms with Crippen LogP contribution >= 0.6 is 11.6 Å². The molecule has 100 valence electrons. The van der Waals surface area contributed by atoms with Gasteiger partial charge in [-0.05, 0) is 19.1 Å². The van der Waals surface area contributed by atoms with Gasteiger partial charge in [-0.15, -0.1) is 11.6 Å². The average Bonchev–Trinajstić information content (AvgIpc) is 2.28. The van der Waals surface area contributed by atoms with Gasteiger partial charge in [-0.2, -0.15) is 17.6 Å². The highest BCUT2D eigenvalue weighted by Crippen LogP contribution is 2.30. The quantitative estimate of drug-likeness (QED) is 0.468. The minimum Gasteiger partial charge on any atom is -0.428 e. The molecule has 7 heteroatoms. The van der Waals surface area contributed by atoms with Gasteiger partial charge in [-0.3, -0.25) is 4.79 Å². The molecule has 0 saturated heterocycles. The number of ketones is 1. The van der Waals surface area contributed by atoms with Crippen molar-refractivity contribution < 1.29 is 27.1 Å². The second-order valence-corrected chi connectivity index (χ2v) is 4.10. The zero-order valence-electron chi connectivity index (χ0n) is 9.17. The summed E-state index contributed by atoms with van der Waals surface area (Å²) in [5.41, 5.74) is -0.264. The lowest BCUT2D eigenvalue weighted by Crippen LogP contribution is -2.34. The summed E-state index contributed by atoms with van der Waals surface area (Å²) in [5.74, 6) is -1.31. The number of halogens is 5. The first-order chi connectivity index (χ1) is 8.25. The third-order valence-corrected chi connectivity index (χ3v) is 2.21. The van der Waals surface area contributed by atoms with Gasteiger partial charge < -0.3 is 4.74 Å². The molecule has 2 nitrogen and oxygen atoms in total. The van der Waals surface area contributed by atoms with Gasteiger partial charge >= 0.3 is 12.5 Å². The largest absolute Gasteiger partial charge is 0.461 e. The van der Waals surface area contributed by atoms with Crippen LogP contribution in [-0.2, 0) is 0 Å². The molecule has 0 saturated carbocycles. The topological polar surface area (TPSA) is 26.3 Å². The molecule has 1 unspecified atom stereocenters. The van der Waals surface area contributed by atoms with E-state index in [1.165, 1.54) is 25.1 Å². The fourth-order valence-corrected chi connectivity index (χ4v) is 1.28. The summed E-state index contributed by atoms with van der Waals surface area (Å²) < 4.78 is 53.4. The van der Waals surface area contributed by atoms with Gasteiger partial charge in [0.1, 0.15) is 5.75 Å². The molecule has 0 heterocycles. The van der Waals surface area contributed by atoms with Gasteiger partial charge in [0.05, 0.1) is 10.9 Å². The summed E-state index contributed by atoms with van der Waals surface area (Å²) >= 11 is 5.53. The lowest BCUT2D eigenvalue weighted by molar-refractivity contribution is -0.253. The Morgan fingerprint density at radius 2 is 1.89 bits per heavy atom. The Kier molecular flexibility index (Phi) is 4.56. The first-order valence-electron chi connectivity index (χ1n) is 4.88. The molecule has 1 atom stereocenters. The number of carbonyl (C=O) groups is 1. The van der Waals surface area contributed by atoms with Crippen molar-refractivity contribution in [2.24, 2.45) is 0 Å². The number of para-hydroxylation sites is 1. The first kappa shape index (κ1) is 14.8. The molecule has 18 heavy (non-hydrogen) atoms. The maximum atomic E-state index is 12.8. The normalized spacial score (nSPS) is 13.5. The second-order valence-electron chi connectivity index (χ2n) is 3.44. The molecule has 1 aromatic rings. The zero-order chi connectivity index (χ0) is 13.9. The van der Waals surface area contributed by atoms with E-state index in [2.05, 4.69) is 4.74 Å². The monoisotopic (exact) mass is 284 g/mol. The molecule has 0 bridgehead atoms. The minimum atomic E-state index is -4.66. The summed E-state index contributed by atoms with van der Waals surface area (Å²) in [5, 5.41) is -0.977. The zero-order valence-corrected chi connectivity index (χ0v) is 9.93. The molecule has 0 aliphatic carbocycles.